The average Bonchev–Trinajstić information content (AvgIpc) is 2.14. The van der Waals surface area contributed by atoms with Crippen molar-refractivity contribution in [2.75, 3.05) is 20.3 Å². The topological polar surface area (TPSA) is 61.8 Å². The van der Waals surface area contributed by atoms with Gasteiger partial charge in [-0.25, -0.2) is 4.79 Å². The Hall–Kier alpha value is -1.26. The van der Waals surface area contributed by atoms with Gasteiger partial charge in [-0.3, -0.25) is 4.79 Å². The Morgan fingerprint density at radius 3 is 2.21 bits per heavy atom. The van der Waals surface area contributed by atoms with Gasteiger partial charge in [-0.2, -0.15) is 0 Å². The quantitative estimate of drug-likeness (QED) is 0.647. The van der Waals surface area contributed by atoms with Crippen molar-refractivity contribution < 1.29 is 23.8 Å². The number of hydrogen-bond acceptors (Lipinski definition) is 5. The van der Waals surface area contributed by atoms with Gasteiger partial charge >= 0.3 is 12.1 Å². The highest BCUT2D eigenvalue weighted by Crippen LogP contribution is 2.17. The second-order valence-electron chi connectivity index (χ2n) is 3.35. The molecule has 0 bridgehead atoms. The molecule has 0 fully saturated rings. The number of ether oxygens (including phenoxy) is 3. The third kappa shape index (κ3) is 4.11. The van der Waals surface area contributed by atoms with Crippen LogP contribution in [-0.4, -0.2) is 32.4 Å². The molecule has 0 aromatic rings. The lowest BCUT2D eigenvalue weighted by Gasteiger charge is -2.20. The highest BCUT2D eigenvalue weighted by atomic mass is 16.7. The summed E-state index contributed by atoms with van der Waals surface area (Å²) in [4.78, 5) is 22.0. The molecule has 14 heavy (non-hydrogen) atoms. The van der Waals surface area contributed by atoms with Gasteiger partial charge in [-0.15, -0.1) is 0 Å². The van der Waals surface area contributed by atoms with Gasteiger partial charge < -0.3 is 14.2 Å². The minimum atomic E-state index is -0.846. The van der Waals surface area contributed by atoms with Gasteiger partial charge in [0.25, 0.3) is 0 Å². The maximum atomic E-state index is 11.1. The third-order valence-electron chi connectivity index (χ3n) is 1.55. The summed E-state index contributed by atoms with van der Waals surface area (Å²) in [6.07, 6.45) is -0.774. The second kappa shape index (κ2) is 5.47. The molecule has 0 spiro atoms. The zero-order valence-corrected chi connectivity index (χ0v) is 8.96. The fraction of sp³-hybridized carbons (Fsp3) is 0.778. The Kier molecular flexibility index (Phi) is 4.97. The minimum absolute atomic E-state index is 0.0570. The fourth-order valence-corrected chi connectivity index (χ4v) is 0.734. The maximum Gasteiger partial charge on any atom is 0.508 e. The van der Waals surface area contributed by atoms with Gasteiger partial charge in [0, 0.05) is 0 Å². The summed E-state index contributed by atoms with van der Waals surface area (Å²) in [7, 11) is 1.29. The number of carbonyl (C=O) groups is 2. The summed E-state index contributed by atoms with van der Waals surface area (Å²) in [5.41, 5.74) is -0.846. The first-order valence-corrected chi connectivity index (χ1v) is 4.32. The van der Waals surface area contributed by atoms with E-state index < -0.39 is 17.5 Å². The van der Waals surface area contributed by atoms with Gasteiger partial charge in [-0.05, 0) is 20.8 Å². The molecule has 0 aromatic carbocycles. The predicted molar refractivity (Wildman–Crippen MR) is 48.8 cm³/mol. The Balaban J connectivity index is 3.98. The predicted octanol–water partition coefficient (Wildman–Crippen LogP) is 1.36. The number of esters is 1. The molecule has 0 aliphatic heterocycles. The lowest BCUT2D eigenvalue weighted by atomic mass is 9.95. The van der Waals surface area contributed by atoms with Crippen LogP contribution in [0.4, 0.5) is 4.79 Å². The van der Waals surface area contributed by atoms with Crippen molar-refractivity contribution in [1.82, 2.24) is 0 Å². The van der Waals surface area contributed by atoms with Crippen LogP contribution in [0.15, 0.2) is 0 Å². The molecule has 0 atom stereocenters. The van der Waals surface area contributed by atoms with E-state index in [1.54, 1.807) is 20.8 Å². The summed E-state index contributed by atoms with van der Waals surface area (Å²) in [5.74, 6) is -0.429. The first-order chi connectivity index (χ1) is 6.44. The molecular weight excluding hydrogens is 188 g/mol. The van der Waals surface area contributed by atoms with E-state index in [-0.39, 0.29) is 13.2 Å². The van der Waals surface area contributed by atoms with E-state index >= 15 is 0 Å². The first kappa shape index (κ1) is 12.7. The van der Waals surface area contributed by atoms with Gasteiger partial charge in [0.1, 0.15) is 6.61 Å². The average molecular weight is 204 g/mol. The van der Waals surface area contributed by atoms with Gasteiger partial charge in [0.15, 0.2) is 0 Å². The molecule has 5 nitrogen and oxygen atoms in total. The molecule has 0 radical (unpaired) electrons. The monoisotopic (exact) mass is 204 g/mol. The van der Waals surface area contributed by atoms with Crippen molar-refractivity contribution in [2.24, 2.45) is 5.41 Å². The van der Waals surface area contributed by atoms with E-state index in [2.05, 4.69) is 9.47 Å². The smallest absolute Gasteiger partial charge is 0.469 e. The molecule has 0 N–H and O–H groups in total. The molecule has 0 aliphatic carbocycles. The summed E-state index contributed by atoms with van der Waals surface area (Å²) in [5, 5.41) is 0. The van der Waals surface area contributed by atoms with Crippen LogP contribution in [0.3, 0.4) is 0 Å². The molecule has 5 heteroatoms. The number of carbonyl (C=O) groups excluding carboxylic acids is 2. The molecule has 0 saturated carbocycles. The molecular formula is C9H16O5. The summed E-state index contributed by atoms with van der Waals surface area (Å²) in [6, 6.07) is 0. The van der Waals surface area contributed by atoms with Crippen molar-refractivity contribution >= 4 is 12.1 Å². The van der Waals surface area contributed by atoms with Crippen molar-refractivity contribution in [2.45, 2.75) is 20.8 Å². The molecule has 82 valence electrons. The van der Waals surface area contributed by atoms with Gasteiger partial charge in [-0.1, -0.05) is 0 Å². The van der Waals surface area contributed by atoms with E-state index in [0.29, 0.717) is 0 Å². The maximum absolute atomic E-state index is 11.1. The van der Waals surface area contributed by atoms with Crippen LogP contribution in [0.25, 0.3) is 0 Å². The zero-order chi connectivity index (χ0) is 11.2. The second-order valence-corrected chi connectivity index (χ2v) is 3.35. The summed E-state index contributed by atoms with van der Waals surface area (Å²) >= 11 is 0. The van der Waals surface area contributed by atoms with E-state index in [4.69, 9.17) is 4.74 Å². The van der Waals surface area contributed by atoms with Crippen LogP contribution in [0.1, 0.15) is 20.8 Å². The fourth-order valence-electron chi connectivity index (χ4n) is 0.734. The normalized spacial score (nSPS) is 10.6. The van der Waals surface area contributed by atoms with Crippen LogP contribution in [-0.2, 0) is 19.0 Å². The van der Waals surface area contributed by atoms with Gasteiger partial charge in [0.2, 0.25) is 0 Å². The Bertz CT molecular complexity index is 209. The van der Waals surface area contributed by atoms with Crippen molar-refractivity contribution in [3.8, 4) is 0 Å². The molecule has 0 saturated heterocycles. The van der Waals surface area contributed by atoms with Crippen molar-refractivity contribution in [1.29, 1.82) is 0 Å². The molecule has 0 heterocycles. The molecule has 0 aromatic heterocycles. The van der Waals surface area contributed by atoms with Crippen molar-refractivity contribution in [3.63, 3.8) is 0 Å². The van der Waals surface area contributed by atoms with Crippen LogP contribution >= 0.6 is 0 Å². The molecule has 0 aliphatic rings. The van der Waals surface area contributed by atoms with Gasteiger partial charge in [0.05, 0.1) is 19.1 Å². The molecule has 0 unspecified atom stereocenters. The van der Waals surface area contributed by atoms with Crippen molar-refractivity contribution in [3.05, 3.63) is 0 Å². The van der Waals surface area contributed by atoms with E-state index in [1.807, 2.05) is 0 Å². The highest BCUT2D eigenvalue weighted by Gasteiger charge is 2.30. The first-order valence-electron chi connectivity index (χ1n) is 4.32. The number of hydrogen-bond donors (Lipinski definition) is 0. The number of rotatable bonds is 4. The standard InChI is InChI=1S/C9H16O5/c1-5-13-8(11)14-6-9(2,3)7(10)12-4/h5-6H2,1-4H3. The van der Waals surface area contributed by atoms with E-state index in [0.717, 1.165) is 0 Å². The SMILES string of the molecule is CCOC(=O)OCC(C)(C)C(=O)OC. The Morgan fingerprint density at radius 2 is 1.79 bits per heavy atom. The van der Waals surface area contributed by atoms with E-state index in [9.17, 15) is 9.59 Å². The largest absolute Gasteiger partial charge is 0.508 e. The van der Waals surface area contributed by atoms with E-state index in [1.165, 1.54) is 7.11 Å². The lowest BCUT2D eigenvalue weighted by Crippen LogP contribution is -2.32. The van der Waals surface area contributed by atoms with Crippen LogP contribution < -0.4 is 0 Å². The highest BCUT2D eigenvalue weighted by molar-refractivity contribution is 5.76. The van der Waals surface area contributed by atoms with Crippen LogP contribution in [0, 0.1) is 5.41 Å². The summed E-state index contributed by atoms with van der Waals surface area (Å²) in [6.45, 7) is 5.11. The minimum Gasteiger partial charge on any atom is -0.469 e. The Labute approximate surface area is 83.3 Å². The molecule has 0 amide bonds. The lowest BCUT2D eigenvalue weighted by molar-refractivity contribution is -0.153. The third-order valence-corrected chi connectivity index (χ3v) is 1.55. The van der Waals surface area contributed by atoms with Crippen LogP contribution in [0.2, 0.25) is 0 Å². The summed E-state index contributed by atoms with van der Waals surface area (Å²) < 4.78 is 13.8. The van der Waals surface area contributed by atoms with Crippen LogP contribution in [0.5, 0.6) is 0 Å². The number of methoxy groups -OCH3 is 1. The Morgan fingerprint density at radius 1 is 1.21 bits per heavy atom. The molecule has 0 rings (SSSR count). The zero-order valence-electron chi connectivity index (χ0n) is 8.96.